The van der Waals surface area contributed by atoms with Crippen molar-refractivity contribution in [2.24, 2.45) is 0 Å². The molecule has 2 aromatic rings. The molecule has 0 spiro atoms. The Balaban J connectivity index is 2.20. The number of fused-ring (bicyclic) bond motifs is 3. The molecule has 96 valence electrons. The molecular weight excluding hydrogens is 242 g/mol. The van der Waals surface area contributed by atoms with Gasteiger partial charge in [0.05, 0.1) is 7.11 Å². The lowest BCUT2D eigenvalue weighted by Crippen LogP contribution is -2.30. The van der Waals surface area contributed by atoms with Gasteiger partial charge in [0.15, 0.2) is 11.4 Å². The van der Waals surface area contributed by atoms with Crippen molar-refractivity contribution < 1.29 is 14.4 Å². The van der Waals surface area contributed by atoms with Crippen LogP contribution >= 0.6 is 0 Å². The van der Waals surface area contributed by atoms with Crippen LogP contribution in [0.3, 0.4) is 0 Å². The van der Waals surface area contributed by atoms with Crippen molar-refractivity contribution in [3.8, 4) is 5.75 Å². The van der Waals surface area contributed by atoms with Crippen LogP contribution < -0.4 is 4.84 Å². The van der Waals surface area contributed by atoms with Crippen LogP contribution in [0, 0.1) is 0 Å². The van der Waals surface area contributed by atoms with Gasteiger partial charge in [-0.3, -0.25) is 0 Å². The highest BCUT2D eigenvalue weighted by atomic mass is 16.7. The second-order valence-electron chi connectivity index (χ2n) is 4.31. The first-order valence-electron chi connectivity index (χ1n) is 5.94. The lowest BCUT2D eigenvalue weighted by molar-refractivity contribution is -0.141. The van der Waals surface area contributed by atoms with Gasteiger partial charge in [-0.1, -0.05) is 36.4 Å². The smallest absolute Gasteiger partial charge is 0.357 e. The van der Waals surface area contributed by atoms with Crippen molar-refractivity contribution in [1.29, 1.82) is 0 Å². The summed E-state index contributed by atoms with van der Waals surface area (Å²) in [5.74, 6) is 0.342. The molecule has 19 heavy (non-hydrogen) atoms. The van der Waals surface area contributed by atoms with E-state index in [4.69, 9.17) is 9.57 Å². The normalized spacial score (nSPS) is 13.6. The highest BCUT2D eigenvalue weighted by molar-refractivity contribution is 5.97. The predicted molar refractivity (Wildman–Crippen MR) is 72.3 cm³/mol. The van der Waals surface area contributed by atoms with Crippen molar-refractivity contribution in [2.75, 3.05) is 14.2 Å². The maximum Gasteiger partial charge on any atom is 0.357 e. The summed E-state index contributed by atoms with van der Waals surface area (Å²) in [5, 5.41) is 3.55. The molecule has 0 N–H and O–H groups in total. The summed E-state index contributed by atoms with van der Waals surface area (Å²) in [5.41, 5.74) is 1.25. The minimum Gasteiger partial charge on any atom is -0.464 e. The van der Waals surface area contributed by atoms with Crippen molar-refractivity contribution in [3.63, 3.8) is 0 Å². The molecule has 0 bridgehead atoms. The number of benzene rings is 2. The largest absolute Gasteiger partial charge is 0.464 e. The van der Waals surface area contributed by atoms with E-state index in [0.717, 1.165) is 22.1 Å². The minimum atomic E-state index is -0.415. The van der Waals surface area contributed by atoms with Gasteiger partial charge in [0, 0.05) is 18.0 Å². The Morgan fingerprint density at radius 2 is 2.00 bits per heavy atom. The molecule has 0 atom stereocenters. The molecule has 1 heterocycles. The second kappa shape index (κ2) is 4.31. The standard InChI is InChI=1S/C15H13NO3/c1-16-13(15(17)18-2)9-11-8-7-10-5-3-4-6-12(10)14(11)19-16/h3-9H,1-2H3. The second-order valence-corrected chi connectivity index (χ2v) is 4.31. The van der Waals surface area contributed by atoms with Gasteiger partial charge in [-0.15, -0.1) is 0 Å². The van der Waals surface area contributed by atoms with Gasteiger partial charge in [0.2, 0.25) is 0 Å². The van der Waals surface area contributed by atoms with Crippen LogP contribution in [0.15, 0.2) is 42.1 Å². The van der Waals surface area contributed by atoms with Gasteiger partial charge in [-0.05, 0) is 11.5 Å². The molecule has 0 unspecified atom stereocenters. The molecule has 0 saturated carbocycles. The molecule has 0 aromatic heterocycles. The zero-order chi connectivity index (χ0) is 13.4. The first kappa shape index (κ1) is 11.6. The Kier molecular flexibility index (Phi) is 2.63. The van der Waals surface area contributed by atoms with Gasteiger partial charge in [0.25, 0.3) is 0 Å². The van der Waals surface area contributed by atoms with Crippen LogP contribution in [0.1, 0.15) is 5.56 Å². The van der Waals surface area contributed by atoms with Crippen LogP contribution in [0.5, 0.6) is 5.75 Å². The number of nitrogens with zero attached hydrogens (tertiary/aromatic N) is 1. The molecule has 0 saturated heterocycles. The van der Waals surface area contributed by atoms with E-state index in [1.54, 1.807) is 13.1 Å². The highest BCUT2D eigenvalue weighted by Crippen LogP contribution is 2.35. The molecule has 0 fully saturated rings. The molecule has 0 aliphatic carbocycles. The first-order valence-corrected chi connectivity index (χ1v) is 5.94. The fourth-order valence-corrected chi connectivity index (χ4v) is 2.19. The third-order valence-electron chi connectivity index (χ3n) is 3.16. The molecule has 1 aliphatic rings. The van der Waals surface area contributed by atoms with Crippen molar-refractivity contribution >= 4 is 22.8 Å². The topological polar surface area (TPSA) is 38.8 Å². The fraction of sp³-hybridized carbons (Fsp3) is 0.133. The molecule has 2 aromatic carbocycles. The zero-order valence-electron chi connectivity index (χ0n) is 10.7. The molecule has 0 radical (unpaired) electrons. The molecule has 0 amide bonds. The predicted octanol–water partition coefficient (Wildman–Crippen LogP) is 2.59. The molecule has 4 heteroatoms. The van der Waals surface area contributed by atoms with Gasteiger partial charge >= 0.3 is 5.97 Å². The maximum atomic E-state index is 11.6. The molecule has 3 rings (SSSR count). The third kappa shape index (κ3) is 1.81. The number of ether oxygens (including phenoxy) is 1. The van der Waals surface area contributed by atoms with Crippen LogP contribution in [-0.4, -0.2) is 25.2 Å². The third-order valence-corrected chi connectivity index (χ3v) is 3.16. The Labute approximate surface area is 110 Å². The number of methoxy groups -OCH3 is 1. The van der Waals surface area contributed by atoms with E-state index in [1.165, 1.54) is 12.2 Å². The number of carbonyl (C=O) groups excluding carboxylic acids is 1. The monoisotopic (exact) mass is 255 g/mol. The number of carbonyl (C=O) groups is 1. The zero-order valence-corrected chi connectivity index (χ0v) is 10.7. The Bertz CT molecular complexity index is 691. The summed E-state index contributed by atoms with van der Waals surface area (Å²) < 4.78 is 4.73. The van der Waals surface area contributed by atoms with Gasteiger partial charge < -0.3 is 9.57 Å². The maximum absolute atomic E-state index is 11.6. The SMILES string of the molecule is COC(=O)C1=Cc2ccc3ccccc3c2ON1C. The lowest BCUT2D eigenvalue weighted by atomic mass is 10.0. The van der Waals surface area contributed by atoms with Crippen molar-refractivity contribution in [3.05, 3.63) is 47.7 Å². The van der Waals surface area contributed by atoms with Crippen LogP contribution in [0.2, 0.25) is 0 Å². The average molecular weight is 255 g/mol. The number of hydroxylamine groups is 2. The molecular formula is C15H13NO3. The van der Waals surface area contributed by atoms with E-state index >= 15 is 0 Å². The average Bonchev–Trinajstić information content (AvgIpc) is 2.45. The van der Waals surface area contributed by atoms with E-state index in [9.17, 15) is 4.79 Å². The van der Waals surface area contributed by atoms with E-state index in [0.29, 0.717) is 5.70 Å². The summed E-state index contributed by atoms with van der Waals surface area (Å²) in [6, 6.07) is 11.9. The van der Waals surface area contributed by atoms with Crippen molar-refractivity contribution in [1.82, 2.24) is 5.06 Å². The van der Waals surface area contributed by atoms with E-state index < -0.39 is 5.97 Å². The summed E-state index contributed by atoms with van der Waals surface area (Å²) in [6.45, 7) is 0. The first-order chi connectivity index (χ1) is 9.20. The summed E-state index contributed by atoms with van der Waals surface area (Å²) >= 11 is 0. The van der Waals surface area contributed by atoms with E-state index in [1.807, 2.05) is 36.4 Å². The Morgan fingerprint density at radius 1 is 1.21 bits per heavy atom. The van der Waals surface area contributed by atoms with Gasteiger partial charge in [-0.2, -0.15) is 0 Å². The fourth-order valence-electron chi connectivity index (χ4n) is 2.19. The van der Waals surface area contributed by atoms with Crippen LogP contribution in [-0.2, 0) is 9.53 Å². The summed E-state index contributed by atoms with van der Waals surface area (Å²) in [6.07, 6.45) is 1.77. The Morgan fingerprint density at radius 3 is 2.79 bits per heavy atom. The van der Waals surface area contributed by atoms with Crippen LogP contribution in [0.4, 0.5) is 0 Å². The number of rotatable bonds is 1. The summed E-state index contributed by atoms with van der Waals surface area (Å²) in [7, 11) is 3.04. The number of likely N-dealkylation sites (N-methyl/N-ethyl adjacent to an activating group) is 1. The van der Waals surface area contributed by atoms with Gasteiger partial charge in [0.1, 0.15) is 0 Å². The highest BCUT2D eigenvalue weighted by Gasteiger charge is 2.24. The van der Waals surface area contributed by atoms with E-state index in [2.05, 4.69) is 0 Å². The number of esters is 1. The Hall–Kier alpha value is -2.49. The number of hydrogen-bond donors (Lipinski definition) is 0. The van der Waals surface area contributed by atoms with Crippen LogP contribution in [0.25, 0.3) is 16.8 Å². The summed E-state index contributed by atoms with van der Waals surface area (Å²) in [4.78, 5) is 17.4. The van der Waals surface area contributed by atoms with Gasteiger partial charge in [-0.25, -0.2) is 9.86 Å². The lowest BCUT2D eigenvalue weighted by Gasteiger charge is -2.27. The minimum absolute atomic E-state index is 0.380. The molecule has 4 nitrogen and oxygen atoms in total. The quantitative estimate of drug-likeness (QED) is 0.734. The van der Waals surface area contributed by atoms with Crippen molar-refractivity contribution in [2.45, 2.75) is 0 Å². The van der Waals surface area contributed by atoms with E-state index in [-0.39, 0.29) is 0 Å². The number of hydrogen-bond acceptors (Lipinski definition) is 4. The molecule has 1 aliphatic heterocycles.